The summed E-state index contributed by atoms with van der Waals surface area (Å²) in [7, 11) is 0. The molecule has 0 atom stereocenters. The first-order valence-electron chi connectivity index (χ1n) is 8.75. The molecule has 1 heterocycles. The van der Waals surface area contributed by atoms with Gasteiger partial charge >= 0.3 is 0 Å². The van der Waals surface area contributed by atoms with E-state index in [0.717, 1.165) is 36.7 Å². The molecule has 4 rings (SSSR count). The highest BCUT2D eigenvalue weighted by Crippen LogP contribution is 2.33. The summed E-state index contributed by atoms with van der Waals surface area (Å²) in [6.07, 6.45) is 4.38. The smallest absolute Gasteiger partial charge is 0.132 e. The maximum absolute atomic E-state index is 14.4. The van der Waals surface area contributed by atoms with Gasteiger partial charge in [-0.25, -0.2) is 4.39 Å². The zero-order chi connectivity index (χ0) is 16.4. The van der Waals surface area contributed by atoms with Gasteiger partial charge in [-0.2, -0.15) is 0 Å². The Bertz CT molecular complexity index is 838. The first-order valence-corrected chi connectivity index (χ1v) is 8.75. The number of benzene rings is 2. The van der Waals surface area contributed by atoms with Crippen molar-refractivity contribution in [3.8, 4) is 0 Å². The number of halogens is 1. The Morgan fingerprint density at radius 2 is 1.79 bits per heavy atom. The molecule has 0 spiro atoms. The summed E-state index contributed by atoms with van der Waals surface area (Å²) in [6.45, 7) is 2.04. The summed E-state index contributed by atoms with van der Waals surface area (Å²) in [6, 6.07) is 15.6. The molecule has 1 aliphatic rings. The SMILES string of the molecule is Fc1cccc2c1c1c(n2CCOCc2ccccc2)CCCC1. The first kappa shape index (κ1) is 15.4. The largest absolute Gasteiger partial charge is 0.375 e. The van der Waals surface area contributed by atoms with Crippen LogP contribution in [0.1, 0.15) is 29.7 Å². The molecule has 2 nitrogen and oxygen atoms in total. The molecule has 0 bridgehead atoms. The van der Waals surface area contributed by atoms with Gasteiger partial charge in [-0.05, 0) is 48.9 Å². The lowest BCUT2D eigenvalue weighted by Gasteiger charge is -2.16. The molecule has 0 aliphatic heterocycles. The van der Waals surface area contributed by atoms with Crippen LogP contribution >= 0.6 is 0 Å². The Balaban J connectivity index is 1.54. The van der Waals surface area contributed by atoms with Crippen LogP contribution in [0.3, 0.4) is 0 Å². The van der Waals surface area contributed by atoms with Crippen molar-refractivity contribution in [1.82, 2.24) is 4.57 Å². The van der Waals surface area contributed by atoms with E-state index in [1.54, 1.807) is 6.07 Å². The Hall–Kier alpha value is -2.13. The fourth-order valence-corrected chi connectivity index (χ4v) is 3.81. The molecule has 0 radical (unpaired) electrons. The van der Waals surface area contributed by atoms with Crippen molar-refractivity contribution in [3.63, 3.8) is 0 Å². The first-order chi connectivity index (χ1) is 11.8. The Morgan fingerprint density at radius 3 is 2.67 bits per heavy atom. The second-order valence-corrected chi connectivity index (χ2v) is 6.46. The summed E-state index contributed by atoms with van der Waals surface area (Å²) in [5, 5.41) is 0.829. The minimum absolute atomic E-state index is 0.0883. The lowest BCUT2D eigenvalue weighted by molar-refractivity contribution is 0.113. The number of hydrogen-bond donors (Lipinski definition) is 0. The minimum Gasteiger partial charge on any atom is -0.375 e. The maximum atomic E-state index is 14.4. The Morgan fingerprint density at radius 1 is 0.958 bits per heavy atom. The predicted octanol–water partition coefficient (Wildman–Crippen LogP) is 4.88. The van der Waals surface area contributed by atoms with E-state index >= 15 is 0 Å². The number of rotatable bonds is 5. The van der Waals surface area contributed by atoms with E-state index in [1.807, 2.05) is 30.3 Å². The maximum Gasteiger partial charge on any atom is 0.132 e. The summed E-state index contributed by atoms with van der Waals surface area (Å²) in [5.41, 5.74) is 4.73. The second-order valence-electron chi connectivity index (χ2n) is 6.46. The highest BCUT2D eigenvalue weighted by molar-refractivity contribution is 5.86. The van der Waals surface area contributed by atoms with E-state index in [2.05, 4.69) is 16.7 Å². The van der Waals surface area contributed by atoms with Crippen LogP contribution in [-0.2, 0) is 30.7 Å². The third-order valence-electron chi connectivity index (χ3n) is 4.92. The summed E-state index contributed by atoms with van der Waals surface area (Å²) < 4.78 is 22.5. The molecule has 0 fully saturated rings. The van der Waals surface area contributed by atoms with E-state index in [9.17, 15) is 4.39 Å². The van der Waals surface area contributed by atoms with Crippen LogP contribution in [0.15, 0.2) is 48.5 Å². The van der Waals surface area contributed by atoms with E-state index in [0.29, 0.717) is 13.2 Å². The number of aryl methyl sites for hydroxylation is 1. The van der Waals surface area contributed by atoms with Crippen molar-refractivity contribution in [2.75, 3.05) is 6.61 Å². The molecule has 0 saturated carbocycles. The number of nitrogens with zero attached hydrogens (tertiary/aromatic N) is 1. The van der Waals surface area contributed by atoms with Gasteiger partial charge < -0.3 is 9.30 Å². The van der Waals surface area contributed by atoms with Crippen LogP contribution < -0.4 is 0 Å². The molecule has 0 unspecified atom stereocenters. The lowest BCUT2D eigenvalue weighted by atomic mass is 9.95. The van der Waals surface area contributed by atoms with Gasteiger partial charge in [0.25, 0.3) is 0 Å². The molecule has 1 aliphatic carbocycles. The quantitative estimate of drug-likeness (QED) is 0.611. The van der Waals surface area contributed by atoms with Gasteiger partial charge in [0.1, 0.15) is 5.82 Å². The number of fused-ring (bicyclic) bond motifs is 3. The molecule has 24 heavy (non-hydrogen) atoms. The summed E-state index contributed by atoms with van der Waals surface area (Å²) in [4.78, 5) is 0. The minimum atomic E-state index is -0.0883. The molecule has 0 amide bonds. The molecule has 0 N–H and O–H groups in total. The van der Waals surface area contributed by atoms with Crippen molar-refractivity contribution in [2.45, 2.75) is 38.8 Å². The van der Waals surface area contributed by atoms with Gasteiger partial charge in [0.05, 0.1) is 18.7 Å². The molecule has 0 saturated heterocycles. The number of hydrogen-bond acceptors (Lipinski definition) is 1. The van der Waals surface area contributed by atoms with E-state index in [1.165, 1.54) is 23.2 Å². The molecule has 124 valence electrons. The van der Waals surface area contributed by atoms with Crippen LogP contribution in [0.25, 0.3) is 10.9 Å². The summed E-state index contributed by atoms with van der Waals surface area (Å²) >= 11 is 0. The van der Waals surface area contributed by atoms with Crippen LogP contribution in [-0.4, -0.2) is 11.2 Å². The van der Waals surface area contributed by atoms with E-state index < -0.39 is 0 Å². The molecular weight excluding hydrogens is 301 g/mol. The third kappa shape index (κ3) is 2.84. The molecular formula is C21H22FNO. The summed E-state index contributed by atoms with van der Waals surface area (Å²) in [5.74, 6) is -0.0883. The van der Waals surface area contributed by atoms with Crippen LogP contribution in [0.4, 0.5) is 4.39 Å². The van der Waals surface area contributed by atoms with E-state index in [-0.39, 0.29) is 5.82 Å². The van der Waals surface area contributed by atoms with Gasteiger partial charge in [-0.15, -0.1) is 0 Å². The topological polar surface area (TPSA) is 14.2 Å². The highest BCUT2D eigenvalue weighted by atomic mass is 19.1. The molecule has 3 heteroatoms. The van der Waals surface area contributed by atoms with Crippen LogP contribution in [0, 0.1) is 5.82 Å². The van der Waals surface area contributed by atoms with Crippen LogP contribution in [0.2, 0.25) is 0 Å². The second kappa shape index (κ2) is 6.78. The zero-order valence-electron chi connectivity index (χ0n) is 13.8. The standard InChI is InChI=1S/C21H22FNO/c22-18-10-6-12-20-21(18)17-9-4-5-11-19(17)23(20)13-14-24-15-16-7-2-1-3-8-16/h1-3,6-8,10,12H,4-5,9,11,13-15H2. The molecule has 1 aromatic heterocycles. The van der Waals surface area contributed by atoms with Crippen molar-refractivity contribution < 1.29 is 9.13 Å². The molecule has 3 aromatic rings. The van der Waals surface area contributed by atoms with Gasteiger partial charge in [0.2, 0.25) is 0 Å². The van der Waals surface area contributed by atoms with Crippen molar-refractivity contribution in [2.24, 2.45) is 0 Å². The Labute approximate surface area is 141 Å². The number of ether oxygens (including phenoxy) is 1. The van der Waals surface area contributed by atoms with Crippen molar-refractivity contribution in [3.05, 3.63) is 71.2 Å². The normalized spacial score (nSPS) is 14.0. The van der Waals surface area contributed by atoms with Crippen molar-refractivity contribution in [1.29, 1.82) is 0 Å². The van der Waals surface area contributed by atoms with Gasteiger partial charge in [0.15, 0.2) is 0 Å². The monoisotopic (exact) mass is 323 g/mol. The average Bonchev–Trinajstić information content (AvgIpc) is 2.95. The Kier molecular flexibility index (Phi) is 4.35. The van der Waals surface area contributed by atoms with Gasteiger partial charge in [-0.3, -0.25) is 0 Å². The zero-order valence-corrected chi connectivity index (χ0v) is 13.8. The van der Waals surface area contributed by atoms with E-state index in [4.69, 9.17) is 4.74 Å². The fourth-order valence-electron chi connectivity index (χ4n) is 3.81. The van der Waals surface area contributed by atoms with Crippen molar-refractivity contribution >= 4 is 10.9 Å². The predicted molar refractivity (Wildman–Crippen MR) is 94.6 cm³/mol. The lowest BCUT2D eigenvalue weighted by Crippen LogP contribution is -2.12. The van der Waals surface area contributed by atoms with Crippen LogP contribution in [0.5, 0.6) is 0 Å². The highest BCUT2D eigenvalue weighted by Gasteiger charge is 2.21. The number of aromatic nitrogens is 1. The van der Waals surface area contributed by atoms with Gasteiger partial charge in [0, 0.05) is 17.6 Å². The fraction of sp³-hybridized carbons (Fsp3) is 0.333. The average molecular weight is 323 g/mol. The molecule has 2 aromatic carbocycles. The third-order valence-corrected chi connectivity index (χ3v) is 4.92. The van der Waals surface area contributed by atoms with Gasteiger partial charge in [-0.1, -0.05) is 36.4 Å².